The minimum absolute atomic E-state index is 0.250. The molecule has 0 fully saturated rings. The van der Waals surface area contributed by atoms with E-state index in [1.54, 1.807) is 17.0 Å². The number of furan rings is 1. The van der Waals surface area contributed by atoms with Crippen molar-refractivity contribution in [3.05, 3.63) is 109 Å². The Morgan fingerprint density at radius 2 is 1.57 bits per heavy atom. The van der Waals surface area contributed by atoms with Gasteiger partial charge < -0.3 is 24.7 Å². The molecule has 0 unspecified atom stereocenters. The molecule has 7 heteroatoms. The Labute approximate surface area is 217 Å². The van der Waals surface area contributed by atoms with Gasteiger partial charge in [-0.05, 0) is 78.6 Å². The maximum absolute atomic E-state index is 13.1. The molecule has 2 N–H and O–H groups in total. The van der Waals surface area contributed by atoms with Gasteiger partial charge in [-0.15, -0.1) is 0 Å². The van der Waals surface area contributed by atoms with E-state index in [9.17, 15) is 9.59 Å². The fourth-order valence-corrected chi connectivity index (χ4v) is 3.77. The normalized spacial score (nSPS) is 10.7. The van der Waals surface area contributed by atoms with E-state index in [0.717, 1.165) is 11.4 Å². The number of ether oxygens (including phenoxy) is 1. The van der Waals surface area contributed by atoms with Gasteiger partial charge in [-0.3, -0.25) is 4.79 Å². The molecule has 0 saturated carbocycles. The summed E-state index contributed by atoms with van der Waals surface area (Å²) in [5, 5.41) is 5.69. The second kappa shape index (κ2) is 12.4. The van der Waals surface area contributed by atoms with Crippen LogP contribution in [-0.4, -0.2) is 25.0 Å². The molecule has 7 nitrogen and oxygen atoms in total. The second-order valence-electron chi connectivity index (χ2n) is 8.85. The number of benzene rings is 3. The van der Waals surface area contributed by atoms with Crippen molar-refractivity contribution in [2.75, 3.05) is 23.3 Å². The molecule has 3 aromatic carbocycles. The first-order chi connectivity index (χ1) is 18.0. The average molecular weight is 498 g/mol. The van der Waals surface area contributed by atoms with Crippen LogP contribution in [0.5, 0.6) is 11.5 Å². The fraction of sp³-hybridized carbons (Fsp3) is 0.200. The van der Waals surface area contributed by atoms with Crippen molar-refractivity contribution in [2.24, 2.45) is 0 Å². The number of para-hydroxylation sites is 1. The minimum atomic E-state index is -0.288. The van der Waals surface area contributed by atoms with Crippen LogP contribution in [0.25, 0.3) is 0 Å². The van der Waals surface area contributed by atoms with Crippen molar-refractivity contribution in [1.82, 2.24) is 5.32 Å². The largest absolute Gasteiger partial charge is 0.459 e. The summed E-state index contributed by atoms with van der Waals surface area (Å²) in [4.78, 5) is 27.1. The van der Waals surface area contributed by atoms with Crippen LogP contribution in [-0.2, 0) is 0 Å². The van der Waals surface area contributed by atoms with E-state index in [-0.39, 0.29) is 17.7 Å². The van der Waals surface area contributed by atoms with Crippen molar-refractivity contribution in [2.45, 2.75) is 26.2 Å². The molecular weight excluding hydrogens is 466 g/mol. The number of carbonyl (C=O) groups excluding carboxylic acids is 2. The van der Waals surface area contributed by atoms with Crippen LogP contribution in [0.4, 0.5) is 16.2 Å². The number of carbonyl (C=O) groups is 2. The van der Waals surface area contributed by atoms with Crippen LogP contribution in [0.2, 0.25) is 0 Å². The van der Waals surface area contributed by atoms with Crippen LogP contribution in [0.3, 0.4) is 0 Å². The Bertz CT molecular complexity index is 1270. The molecule has 0 spiro atoms. The Morgan fingerprint density at radius 3 is 2.22 bits per heavy atom. The molecule has 0 aliphatic carbocycles. The summed E-state index contributed by atoms with van der Waals surface area (Å²) < 4.78 is 11.2. The van der Waals surface area contributed by atoms with Gasteiger partial charge in [0, 0.05) is 24.5 Å². The van der Waals surface area contributed by atoms with E-state index in [1.165, 1.54) is 11.8 Å². The van der Waals surface area contributed by atoms with Crippen molar-refractivity contribution in [1.29, 1.82) is 0 Å². The summed E-state index contributed by atoms with van der Waals surface area (Å²) in [6, 6.07) is 27.6. The molecule has 1 heterocycles. The van der Waals surface area contributed by atoms with Crippen LogP contribution in [0, 0.1) is 0 Å². The summed E-state index contributed by atoms with van der Waals surface area (Å²) in [5.74, 6) is 1.83. The molecule has 0 aliphatic heterocycles. The van der Waals surface area contributed by atoms with Gasteiger partial charge in [-0.25, -0.2) is 4.79 Å². The SMILES string of the molecule is CC(C)c1ccc(NC(=O)NCCCN(C(=O)c2ccco2)c2ccc(Oc3ccccc3)cc2)cc1. The minimum Gasteiger partial charge on any atom is -0.459 e. The molecule has 1 aromatic heterocycles. The van der Waals surface area contributed by atoms with Crippen molar-refractivity contribution in [3.63, 3.8) is 0 Å². The summed E-state index contributed by atoms with van der Waals surface area (Å²) in [6.45, 7) is 5.04. The highest BCUT2D eigenvalue weighted by Gasteiger charge is 2.20. The predicted octanol–water partition coefficient (Wildman–Crippen LogP) is 7.05. The predicted molar refractivity (Wildman–Crippen MR) is 146 cm³/mol. The standard InChI is InChI=1S/C30H31N3O4/c1-22(2)23-11-13-24(14-12-23)32-30(35)31-19-7-20-33(29(34)28-10-6-21-36-28)25-15-17-27(18-16-25)37-26-8-4-3-5-9-26/h3-6,8-18,21-22H,7,19-20H2,1-2H3,(H2,31,32,35). The molecule has 0 atom stereocenters. The zero-order valence-corrected chi connectivity index (χ0v) is 21.0. The lowest BCUT2D eigenvalue weighted by atomic mass is 10.0. The number of nitrogens with zero attached hydrogens (tertiary/aromatic N) is 1. The quantitative estimate of drug-likeness (QED) is 0.230. The molecule has 0 saturated heterocycles. The van der Waals surface area contributed by atoms with E-state index in [0.29, 0.717) is 36.9 Å². The Hall–Kier alpha value is -4.52. The third kappa shape index (κ3) is 7.24. The number of urea groups is 1. The van der Waals surface area contributed by atoms with Crippen molar-refractivity contribution < 1.29 is 18.7 Å². The molecule has 0 aliphatic rings. The molecular formula is C30H31N3O4. The summed E-state index contributed by atoms with van der Waals surface area (Å²) in [7, 11) is 0. The number of amides is 3. The Kier molecular flexibility index (Phi) is 8.60. The smallest absolute Gasteiger partial charge is 0.319 e. The molecule has 4 aromatic rings. The zero-order valence-electron chi connectivity index (χ0n) is 21.0. The van der Waals surface area contributed by atoms with Crippen LogP contribution in [0.15, 0.2) is 102 Å². The first kappa shape index (κ1) is 25.6. The monoisotopic (exact) mass is 497 g/mol. The highest BCUT2D eigenvalue weighted by molar-refractivity contribution is 6.04. The molecule has 0 radical (unpaired) electrons. The fourth-order valence-electron chi connectivity index (χ4n) is 3.77. The lowest BCUT2D eigenvalue weighted by molar-refractivity contribution is 0.0960. The van der Waals surface area contributed by atoms with Crippen LogP contribution < -0.4 is 20.3 Å². The third-order valence-electron chi connectivity index (χ3n) is 5.78. The third-order valence-corrected chi connectivity index (χ3v) is 5.78. The van der Waals surface area contributed by atoms with Gasteiger partial charge in [0.15, 0.2) is 5.76 Å². The topological polar surface area (TPSA) is 83.8 Å². The highest BCUT2D eigenvalue weighted by atomic mass is 16.5. The van der Waals surface area contributed by atoms with Gasteiger partial charge >= 0.3 is 6.03 Å². The van der Waals surface area contributed by atoms with Gasteiger partial charge in [-0.1, -0.05) is 44.2 Å². The van der Waals surface area contributed by atoms with Gasteiger partial charge in [0.2, 0.25) is 0 Å². The first-order valence-electron chi connectivity index (χ1n) is 12.3. The second-order valence-corrected chi connectivity index (χ2v) is 8.85. The average Bonchev–Trinajstić information content (AvgIpc) is 3.45. The molecule has 0 bridgehead atoms. The Balaban J connectivity index is 1.34. The molecule has 3 amide bonds. The van der Waals surface area contributed by atoms with E-state index in [1.807, 2.05) is 78.9 Å². The molecule has 4 rings (SSSR count). The van der Waals surface area contributed by atoms with Gasteiger partial charge in [0.1, 0.15) is 11.5 Å². The first-order valence-corrected chi connectivity index (χ1v) is 12.3. The summed E-state index contributed by atoms with van der Waals surface area (Å²) >= 11 is 0. The summed E-state index contributed by atoms with van der Waals surface area (Å²) in [5.41, 5.74) is 2.65. The Morgan fingerprint density at radius 1 is 0.865 bits per heavy atom. The highest BCUT2D eigenvalue weighted by Crippen LogP contribution is 2.25. The van der Waals surface area contributed by atoms with Gasteiger partial charge in [0.05, 0.1) is 6.26 Å². The molecule has 190 valence electrons. The van der Waals surface area contributed by atoms with Crippen LogP contribution in [0.1, 0.15) is 42.3 Å². The number of hydrogen-bond acceptors (Lipinski definition) is 4. The van der Waals surface area contributed by atoms with E-state index in [2.05, 4.69) is 24.5 Å². The van der Waals surface area contributed by atoms with E-state index < -0.39 is 0 Å². The lowest BCUT2D eigenvalue weighted by Gasteiger charge is -2.22. The van der Waals surface area contributed by atoms with Gasteiger partial charge in [0.25, 0.3) is 5.91 Å². The van der Waals surface area contributed by atoms with Crippen molar-refractivity contribution in [3.8, 4) is 11.5 Å². The maximum atomic E-state index is 13.1. The van der Waals surface area contributed by atoms with Crippen LogP contribution >= 0.6 is 0 Å². The number of hydrogen-bond donors (Lipinski definition) is 2. The van der Waals surface area contributed by atoms with Crippen molar-refractivity contribution >= 4 is 23.3 Å². The van der Waals surface area contributed by atoms with E-state index >= 15 is 0 Å². The number of nitrogens with one attached hydrogen (secondary N) is 2. The number of rotatable bonds is 10. The lowest BCUT2D eigenvalue weighted by Crippen LogP contribution is -2.35. The molecule has 37 heavy (non-hydrogen) atoms. The number of anilines is 2. The van der Waals surface area contributed by atoms with Gasteiger partial charge in [-0.2, -0.15) is 0 Å². The van der Waals surface area contributed by atoms with E-state index in [4.69, 9.17) is 9.15 Å². The zero-order chi connectivity index (χ0) is 26.0. The summed E-state index contributed by atoms with van der Waals surface area (Å²) in [6.07, 6.45) is 2.02. The maximum Gasteiger partial charge on any atom is 0.319 e.